The fourth-order valence-electron chi connectivity index (χ4n) is 2.03. The molecule has 0 saturated heterocycles. The third-order valence-corrected chi connectivity index (χ3v) is 3.03. The van der Waals surface area contributed by atoms with Crippen LogP contribution in [0.25, 0.3) is 11.3 Å². The summed E-state index contributed by atoms with van der Waals surface area (Å²) in [5, 5.41) is 3.30. The Morgan fingerprint density at radius 3 is 2.90 bits per heavy atom. The van der Waals surface area contributed by atoms with Crippen LogP contribution in [0, 0.1) is 5.82 Å². The predicted octanol–water partition coefficient (Wildman–Crippen LogP) is 3.40. The maximum Gasteiger partial charge on any atom is 0.145 e. The molecule has 0 radical (unpaired) electrons. The molecule has 0 spiro atoms. The number of rotatable bonds is 6. The van der Waals surface area contributed by atoms with Crippen molar-refractivity contribution >= 4 is 0 Å². The molecule has 0 fully saturated rings. The van der Waals surface area contributed by atoms with Crippen LogP contribution in [-0.2, 0) is 6.54 Å². The van der Waals surface area contributed by atoms with E-state index in [0.29, 0.717) is 17.0 Å². The van der Waals surface area contributed by atoms with Crippen molar-refractivity contribution in [1.82, 2.24) is 10.3 Å². The van der Waals surface area contributed by atoms with Gasteiger partial charge in [0.25, 0.3) is 0 Å². The van der Waals surface area contributed by atoms with Gasteiger partial charge >= 0.3 is 0 Å². The summed E-state index contributed by atoms with van der Waals surface area (Å²) in [6, 6.07) is 8.64. The molecular weight excluding hydrogens is 255 g/mol. The average Bonchev–Trinajstić information content (AvgIpc) is 2.49. The van der Waals surface area contributed by atoms with Gasteiger partial charge in [-0.3, -0.25) is 4.98 Å². The van der Waals surface area contributed by atoms with E-state index >= 15 is 0 Å². The Bertz CT molecular complexity index is 572. The number of aromatic nitrogens is 1. The van der Waals surface area contributed by atoms with Crippen LogP contribution in [0.5, 0.6) is 5.75 Å². The van der Waals surface area contributed by atoms with E-state index in [1.807, 2.05) is 6.07 Å². The molecule has 2 rings (SSSR count). The molecule has 0 aliphatic heterocycles. The highest BCUT2D eigenvalue weighted by Gasteiger charge is 2.12. The van der Waals surface area contributed by atoms with Gasteiger partial charge < -0.3 is 10.1 Å². The van der Waals surface area contributed by atoms with E-state index in [1.54, 1.807) is 31.5 Å². The largest absolute Gasteiger partial charge is 0.494 e. The van der Waals surface area contributed by atoms with Gasteiger partial charge in [0.2, 0.25) is 0 Å². The maximum atomic E-state index is 14.0. The Morgan fingerprint density at radius 1 is 1.30 bits per heavy atom. The summed E-state index contributed by atoms with van der Waals surface area (Å²) in [5.41, 5.74) is 2.03. The molecule has 1 heterocycles. The van der Waals surface area contributed by atoms with E-state index in [1.165, 1.54) is 6.07 Å². The van der Waals surface area contributed by atoms with Crippen LogP contribution in [0.1, 0.15) is 18.9 Å². The third kappa shape index (κ3) is 3.33. The molecule has 1 N–H and O–H groups in total. The van der Waals surface area contributed by atoms with Crippen molar-refractivity contribution < 1.29 is 9.13 Å². The monoisotopic (exact) mass is 274 g/mol. The van der Waals surface area contributed by atoms with E-state index < -0.39 is 0 Å². The number of halogens is 1. The number of methoxy groups -OCH3 is 1. The highest BCUT2D eigenvalue weighted by Crippen LogP contribution is 2.29. The average molecular weight is 274 g/mol. The summed E-state index contributed by atoms with van der Waals surface area (Å²) in [4.78, 5) is 4.23. The molecule has 4 heteroatoms. The zero-order chi connectivity index (χ0) is 14.4. The van der Waals surface area contributed by atoms with Gasteiger partial charge in [-0.1, -0.05) is 13.0 Å². The Hall–Kier alpha value is -1.94. The van der Waals surface area contributed by atoms with Gasteiger partial charge in [-0.2, -0.15) is 0 Å². The molecule has 3 nitrogen and oxygen atoms in total. The van der Waals surface area contributed by atoms with Crippen molar-refractivity contribution in [3.63, 3.8) is 0 Å². The zero-order valence-electron chi connectivity index (χ0n) is 11.8. The van der Waals surface area contributed by atoms with Crippen molar-refractivity contribution in [3.8, 4) is 17.0 Å². The molecule has 0 amide bonds. The summed E-state index contributed by atoms with van der Waals surface area (Å²) in [7, 11) is 1.56. The number of hydrogen-bond acceptors (Lipinski definition) is 3. The highest BCUT2D eigenvalue weighted by molar-refractivity contribution is 5.67. The van der Waals surface area contributed by atoms with E-state index in [9.17, 15) is 4.39 Å². The summed E-state index contributed by atoms with van der Waals surface area (Å²) in [6.45, 7) is 3.78. The maximum absolute atomic E-state index is 14.0. The number of nitrogens with zero attached hydrogens (tertiary/aromatic N) is 1. The second-order valence-electron chi connectivity index (χ2n) is 4.55. The fraction of sp³-hybridized carbons (Fsp3) is 0.312. The van der Waals surface area contributed by atoms with E-state index in [-0.39, 0.29) is 5.82 Å². The topological polar surface area (TPSA) is 34.2 Å². The van der Waals surface area contributed by atoms with Gasteiger partial charge in [-0.25, -0.2) is 4.39 Å². The summed E-state index contributed by atoms with van der Waals surface area (Å²) < 4.78 is 19.3. The SMILES string of the molecule is CCCNCc1ccc(F)c(-c2ncccc2OC)c1. The first-order chi connectivity index (χ1) is 9.76. The predicted molar refractivity (Wildman–Crippen MR) is 78.2 cm³/mol. The molecule has 2 aromatic rings. The fourth-order valence-corrected chi connectivity index (χ4v) is 2.03. The minimum Gasteiger partial charge on any atom is -0.494 e. The Morgan fingerprint density at radius 2 is 2.15 bits per heavy atom. The molecule has 0 saturated carbocycles. The van der Waals surface area contributed by atoms with Crippen LogP contribution < -0.4 is 10.1 Å². The second kappa shape index (κ2) is 7.01. The minimum atomic E-state index is -0.291. The molecule has 0 atom stereocenters. The van der Waals surface area contributed by atoms with Gasteiger partial charge in [0, 0.05) is 18.3 Å². The minimum absolute atomic E-state index is 0.291. The van der Waals surface area contributed by atoms with E-state index in [4.69, 9.17) is 4.74 Å². The lowest BCUT2D eigenvalue weighted by Crippen LogP contribution is -2.13. The third-order valence-electron chi connectivity index (χ3n) is 3.03. The lowest BCUT2D eigenvalue weighted by Gasteiger charge is -2.10. The van der Waals surface area contributed by atoms with Crippen LogP contribution >= 0.6 is 0 Å². The van der Waals surface area contributed by atoms with Crippen LogP contribution in [0.4, 0.5) is 4.39 Å². The summed E-state index contributed by atoms with van der Waals surface area (Å²) in [5.74, 6) is 0.284. The summed E-state index contributed by atoms with van der Waals surface area (Å²) in [6.07, 6.45) is 2.71. The number of nitrogens with one attached hydrogen (secondary N) is 1. The van der Waals surface area contributed by atoms with Gasteiger partial charge in [0.05, 0.1) is 7.11 Å². The quantitative estimate of drug-likeness (QED) is 0.820. The Labute approximate surface area is 118 Å². The van der Waals surface area contributed by atoms with Gasteiger partial charge in [0.15, 0.2) is 0 Å². The Kier molecular flexibility index (Phi) is 5.07. The van der Waals surface area contributed by atoms with Crippen LogP contribution in [-0.4, -0.2) is 18.6 Å². The molecule has 0 bridgehead atoms. The lowest BCUT2D eigenvalue weighted by atomic mass is 10.1. The van der Waals surface area contributed by atoms with Crippen molar-refractivity contribution in [3.05, 3.63) is 47.9 Å². The number of benzene rings is 1. The first-order valence-electron chi connectivity index (χ1n) is 6.74. The van der Waals surface area contributed by atoms with Gasteiger partial charge in [-0.15, -0.1) is 0 Å². The van der Waals surface area contributed by atoms with Crippen LogP contribution in [0.2, 0.25) is 0 Å². The molecule has 20 heavy (non-hydrogen) atoms. The molecular formula is C16H19FN2O. The lowest BCUT2D eigenvalue weighted by molar-refractivity contribution is 0.414. The van der Waals surface area contributed by atoms with Gasteiger partial charge in [0.1, 0.15) is 17.3 Å². The first kappa shape index (κ1) is 14.5. The molecule has 106 valence electrons. The second-order valence-corrected chi connectivity index (χ2v) is 4.55. The van der Waals surface area contributed by atoms with Crippen molar-refractivity contribution in [2.75, 3.05) is 13.7 Å². The molecule has 0 aliphatic carbocycles. The number of ether oxygens (including phenoxy) is 1. The van der Waals surface area contributed by atoms with Gasteiger partial charge in [-0.05, 0) is 42.8 Å². The van der Waals surface area contributed by atoms with Crippen molar-refractivity contribution in [1.29, 1.82) is 0 Å². The van der Waals surface area contributed by atoms with E-state index in [2.05, 4.69) is 17.2 Å². The van der Waals surface area contributed by atoms with Crippen LogP contribution in [0.15, 0.2) is 36.5 Å². The van der Waals surface area contributed by atoms with E-state index in [0.717, 1.165) is 25.1 Å². The first-order valence-corrected chi connectivity index (χ1v) is 6.74. The van der Waals surface area contributed by atoms with Crippen molar-refractivity contribution in [2.24, 2.45) is 0 Å². The molecule has 1 aromatic carbocycles. The van der Waals surface area contributed by atoms with Crippen molar-refractivity contribution in [2.45, 2.75) is 19.9 Å². The smallest absolute Gasteiger partial charge is 0.145 e. The highest BCUT2D eigenvalue weighted by atomic mass is 19.1. The normalized spacial score (nSPS) is 10.6. The Balaban J connectivity index is 2.32. The molecule has 0 aliphatic rings. The molecule has 0 unspecified atom stereocenters. The van der Waals surface area contributed by atoms with Crippen LogP contribution in [0.3, 0.4) is 0 Å². The standard InChI is InChI=1S/C16H19FN2O/c1-3-8-18-11-12-6-7-14(17)13(10-12)16-15(20-2)5-4-9-19-16/h4-7,9-10,18H,3,8,11H2,1-2H3. The molecule has 1 aromatic heterocycles. The summed E-state index contributed by atoms with van der Waals surface area (Å²) >= 11 is 0. The number of hydrogen-bond donors (Lipinski definition) is 1. The zero-order valence-corrected chi connectivity index (χ0v) is 11.8. The number of pyridine rings is 1.